The van der Waals surface area contributed by atoms with Crippen LogP contribution in [-0.4, -0.2) is 77.8 Å². The molecule has 2 aromatic heterocycles. The number of carbonyl (C=O) groups excluding carboxylic acids is 1. The van der Waals surface area contributed by atoms with E-state index < -0.39 is 0 Å². The average molecular weight is 514 g/mol. The van der Waals surface area contributed by atoms with E-state index in [0.29, 0.717) is 43.4 Å². The Hall–Kier alpha value is -2.46. The van der Waals surface area contributed by atoms with Gasteiger partial charge in [-0.2, -0.15) is 0 Å². The molecule has 1 aliphatic carbocycles. The molecule has 0 spiro atoms. The van der Waals surface area contributed by atoms with Crippen LogP contribution in [0, 0.1) is 0 Å². The molecule has 4 heterocycles. The Morgan fingerprint density at radius 2 is 2.00 bits per heavy atom. The minimum atomic E-state index is -0.277. The van der Waals surface area contributed by atoms with E-state index in [1.54, 1.807) is 6.20 Å². The van der Waals surface area contributed by atoms with Crippen LogP contribution in [0.2, 0.25) is 5.02 Å². The van der Waals surface area contributed by atoms with Crippen LogP contribution in [0.15, 0.2) is 30.5 Å². The Bertz CT molecular complexity index is 1050. The van der Waals surface area contributed by atoms with Gasteiger partial charge in [-0.3, -0.25) is 9.69 Å². The SMILES string of the molecule is NC1(CNc2cccc(-c3cc(N[C@H]4CC[C@H](N5CCNC(=O)C5)CC4)ncc3Cl)n2)CCOCC1. The number of anilines is 2. The highest BCUT2D eigenvalue weighted by Crippen LogP contribution is 2.31. The molecule has 1 saturated carbocycles. The summed E-state index contributed by atoms with van der Waals surface area (Å²) in [7, 11) is 0. The van der Waals surface area contributed by atoms with Crippen molar-refractivity contribution < 1.29 is 9.53 Å². The largest absolute Gasteiger partial charge is 0.381 e. The maximum Gasteiger partial charge on any atom is 0.234 e. The maximum absolute atomic E-state index is 11.7. The molecule has 3 aliphatic rings. The molecule has 36 heavy (non-hydrogen) atoms. The number of pyridine rings is 2. The summed E-state index contributed by atoms with van der Waals surface area (Å²) in [5, 5.41) is 10.5. The number of halogens is 1. The summed E-state index contributed by atoms with van der Waals surface area (Å²) in [5.41, 5.74) is 7.88. The van der Waals surface area contributed by atoms with Crippen LogP contribution in [0.3, 0.4) is 0 Å². The molecule has 9 nitrogen and oxygen atoms in total. The summed E-state index contributed by atoms with van der Waals surface area (Å²) in [6, 6.07) is 8.70. The van der Waals surface area contributed by atoms with E-state index in [-0.39, 0.29) is 11.4 Å². The summed E-state index contributed by atoms with van der Waals surface area (Å²) < 4.78 is 5.44. The van der Waals surface area contributed by atoms with Crippen molar-refractivity contribution in [2.75, 3.05) is 50.0 Å². The second-order valence-corrected chi connectivity index (χ2v) is 10.7. The smallest absolute Gasteiger partial charge is 0.234 e. The van der Waals surface area contributed by atoms with Gasteiger partial charge in [0.25, 0.3) is 0 Å². The summed E-state index contributed by atoms with van der Waals surface area (Å²) in [4.78, 5) is 23.4. The van der Waals surface area contributed by atoms with Crippen LogP contribution >= 0.6 is 11.6 Å². The first-order valence-electron chi connectivity index (χ1n) is 13.0. The topological polar surface area (TPSA) is 117 Å². The molecule has 5 rings (SSSR count). The Kier molecular flexibility index (Phi) is 7.90. The van der Waals surface area contributed by atoms with E-state index in [1.165, 1.54) is 0 Å². The van der Waals surface area contributed by atoms with Crippen molar-refractivity contribution in [3.63, 3.8) is 0 Å². The van der Waals surface area contributed by atoms with Crippen molar-refractivity contribution in [1.82, 2.24) is 20.2 Å². The lowest BCUT2D eigenvalue weighted by molar-refractivity contribution is -0.125. The predicted molar refractivity (Wildman–Crippen MR) is 142 cm³/mol. The third kappa shape index (κ3) is 6.26. The highest BCUT2D eigenvalue weighted by molar-refractivity contribution is 6.33. The summed E-state index contributed by atoms with van der Waals surface area (Å²) >= 11 is 6.54. The Morgan fingerprint density at radius 3 is 2.78 bits per heavy atom. The molecule has 0 atom stereocenters. The zero-order valence-electron chi connectivity index (χ0n) is 20.6. The molecule has 5 N–H and O–H groups in total. The number of piperazine rings is 1. The van der Waals surface area contributed by atoms with Crippen LogP contribution in [0.5, 0.6) is 0 Å². The standard InChI is InChI=1S/C26H36ClN7O2/c27-21-15-30-24(32-18-4-6-19(7-5-18)34-11-10-29-25(35)16-34)14-20(21)22-2-1-3-23(33-22)31-17-26(28)8-12-36-13-9-26/h1-3,14-15,18-19H,4-13,16-17,28H2,(H,29,35)(H,30,32)(H,31,33)/t18-,19-. The van der Waals surface area contributed by atoms with E-state index in [9.17, 15) is 4.79 Å². The second-order valence-electron chi connectivity index (χ2n) is 10.3. The number of nitrogens with zero attached hydrogens (tertiary/aromatic N) is 3. The number of amides is 1. The summed E-state index contributed by atoms with van der Waals surface area (Å²) in [6.07, 6.45) is 7.61. The zero-order valence-corrected chi connectivity index (χ0v) is 21.4. The fraction of sp³-hybridized carbons (Fsp3) is 0.577. The van der Waals surface area contributed by atoms with Gasteiger partial charge in [-0.05, 0) is 56.7 Å². The first kappa shape index (κ1) is 25.2. The number of hydrogen-bond acceptors (Lipinski definition) is 8. The van der Waals surface area contributed by atoms with Gasteiger partial charge in [0.15, 0.2) is 0 Å². The molecule has 2 aliphatic heterocycles. The average Bonchev–Trinajstić information content (AvgIpc) is 2.90. The van der Waals surface area contributed by atoms with Gasteiger partial charge >= 0.3 is 0 Å². The number of rotatable bonds is 7. The number of nitrogens with one attached hydrogen (secondary N) is 3. The molecule has 2 aromatic rings. The lowest BCUT2D eigenvalue weighted by Gasteiger charge is -2.38. The number of hydrogen-bond donors (Lipinski definition) is 4. The van der Waals surface area contributed by atoms with Crippen LogP contribution in [-0.2, 0) is 9.53 Å². The van der Waals surface area contributed by atoms with Gasteiger partial charge in [-0.25, -0.2) is 9.97 Å². The second kappa shape index (κ2) is 11.3. The van der Waals surface area contributed by atoms with Crippen LogP contribution < -0.4 is 21.7 Å². The molecule has 1 amide bonds. The third-order valence-corrected chi connectivity index (χ3v) is 7.92. The Labute approximate surface area is 217 Å². The van der Waals surface area contributed by atoms with Gasteiger partial charge in [0.1, 0.15) is 11.6 Å². The van der Waals surface area contributed by atoms with E-state index in [1.807, 2.05) is 24.3 Å². The highest BCUT2D eigenvalue weighted by atomic mass is 35.5. The number of ether oxygens (including phenoxy) is 1. The monoisotopic (exact) mass is 513 g/mol. The quantitative estimate of drug-likeness (QED) is 0.446. The Morgan fingerprint density at radius 1 is 1.19 bits per heavy atom. The molecule has 0 unspecified atom stereocenters. The normalized spacial score (nSPS) is 24.7. The molecular formula is C26H36ClN7O2. The molecule has 2 saturated heterocycles. The van der Waals surface area contributed by atoms with Gasteiger partial charge in [-0.15, -0.1) is 0 Å². The first-order chi connectivity index (χ1) is 17.5. The predicted octanol–water partition coefficient (Wildman–Crippen LogP) is 2.87. The molecule has 3 fully saturated rings. The minimum Gasteiger partial charge on any atom is -0.381 e. The van der Waals surface area contributed by atoms with Gasteiger partial charge in [0.05, 0.1) is 17.3 Å². The fourth-order valence-electron chi connectivity index (χ4n) is 5.38. The maximum atomic E-state index is 11.7. The van der Waals surface area contributed by atoms with Crippen molar-refractivity contribution in [1.29, 1.82) is 0 Å². The van der Waals surface area contributed by atoms with E-state index in [4.69, 9.17) is 27.1 Å². The van der Waals surface area contributed by atoms with Crippen molar-refractivity contribution in [3.05, 3.63) is 35.5 Å². The van der Waals surface area contributed by atoms with Crippen molar-refractivity contribution in [2.45, 2.75) is 56.1 Å². The number of nitrogens with two attached hydrogens (primary N) is 1. The lowest BCUT2D eigenvalue weighted by atomic mass is 9.89. The van der Waals surface area contributed by atoms with Crippen LogP contribution in [0.1, 0.15) is 38.5 Å². The lowest BCUT2D eigenvalue weighted by Crippen LogP contribution is -2.52. The molecule has 10 heteroatoms. The molecule has 0 radical (unpaired) electrons. The van der Waals surface area contributed by atoms with Crippen LogP contribution in [0.4, 0.5) is 11.6 Å². The Balaban J connectivity index is 1.20. The van der Waals surface area contributed by atoms with Gasteiger partial charge in [0.2, 0.25) is 5.91 Å². The molecular weight excluding hydrogens is 478 g/mol. The van der Waals surface area contributed by atoms with E-state index >= 15 is 0 Å². The molecule has 0 bridgehead atoms. The van der Waals surface area contributed by atoms with Crippen molar-refractivity contribution >= 4 is 29.1 Å². The van der Waals surface area contributed by atoms with E-state index in [0.717, 1.165) is 74.5 Å². The number of aromatic nitrogens is 2. The zero-order chi connectivity index (χ0) is 25.0. The van der Waals surface area contributed by atoms with Gasteiger partial charge in [-0.1, -0.05) is 17.7 Å². The van der Waals surface area contributed by atoms with Gasteiger partial charge in [0, 0.05) is 62.2 Å². The third-order valence-electron chi connectivity index (χ3n) is 7.62. The van der Waals surface area contributed by atoms with Crippen LogP contribution in [0.25, 0.3) is 11.3 Å². The first-order valence-corrected chi connectivity index (χ1v) is 13.4. The van der Waals surface area contributed by atoms with Gasteiger partial charge < -0.3 is 26.4 Å². The summed E-state index contributed by atoms with van der Waals surface area (Å²) in [6.45, 7) is 4.26. The van der Waals surface area contributed by atoms with Crippen molar-refractivity contribution in [3.8, 4) is 11.3 Å². The number of carbonyl (C=O) groups is 1. The summed E-state index contributed by atoms with van der Waals surface area (Å²) in [5.74, 6) is 1.72. The van der Waals surface area contributed by atoms with E-state index in [2.05, 4.69) is 25.8 Å². The molecule has 0 aromatic carbocycles. The highest BCUT2D eigenvalue weighted by Gasteiger charge is 2.29. The van der Waals surface area contributed by atoms with Crippen molar-refractivity contribution in [2.24, 2.45) is 5.73 Å². The fourth-order valence-corrected chi connectivity index (χ4v) is 5.58. The minimum absolute atomic E-state index is 0.137. The molecule has 194 valence electrons.